The molecule has 2 aromatic rings. The van der Waals surface area contributed by atoms with Gasteiger partial charge in [-0.3, -0.25) is 19.3 Å². The number of piperidine rings is 1. The molecule has 2 aliphatic carbocycles. The average molecular weight is 818 g/mol. The molecule has 0 unspecified atom stereocenters. The number of phenols is 1. The molecule has 0 radical (unpaired) electrons. The summed E-state index contributed by atoms with van der Waals surface area (Å²) < 4.78 is 23.6. The number of phenolic OH excluding ortho intramolecular Hbond substituents is 1. The van der Waals surface area contributed by atoms with Gasteiger partial charge < -0.3 is 44.5 Å². The number of fused-ring (bicyclic) bond motifs is 1. The summed E-state index contributed by atoms with van der Waals surface area (Å²) in [5.74, 6) is 0.843. The van der Waals surface area contributed by atoms with E-state index in [-0.39, 0.29) is 41.7 Å². The van der Waals surface area contributed by atoms with E-state index in [0.717, 1.165) is 95.8 Å². The minimum Gasteiger partial charge on any atom is -0.506 e. The molecule has 2 saturated heterocycles. The number of likely N-dealkylation sites (tertiary alicyclic amines) is 1. The van der Waals surface area contributed by atoms with Crippen LogP contribution in [0.5, 0.6) is 11.5 Å². The van der Waals surface area contributed by atoms with Gasteiger partial charge in [0, 0.05) is 64.9 Å². The summed E-state index contributed by atoms with van der Waals surface area (Å²) in [6.07, 6.45) is 13.5. The lowest BCUT2D eigenvalue weighted by Gasteiger charge is -2.48. The van der Waals surface area contributed by atoms with E-state index in [2.05, 4.69) is 49.6 Å². The largest absolute Gasteiger partial charge is 0.506 e. The van der Waals surface area contributed by atoms with E-state index in [1.807, 2.05) is 6.07 Å². The number of carbonyl (C=O) groups excluding carboxylic acids is 3. The van der Waals surface area contributed by atoms with Crippen molar-refractivity contribution in [3.63, 3.8) is 0 Å². The van der Waals surface area contributed by atoms with Crippen molar-refractivity contribution < 1.29 is 38.4 Å². The van der Waals surface area contributed by atoms with E-state index in [1.54, 1.807) is 13.2 Å². The van der Waals surface area contributed by atoms with Crippen molar-refractivity contribution in [2.45, 2.75) is 114 Å². The second kappa shape index (κ2) is 21.2. The lowest BCUT2D eigenvalue weighted by atomic mass is 9.85. The second-order valence-corrected chi connectivity index (χ2v) is 17.4. The van der Waals surface area contributed by atoms with Gasteiger partial charge in [0.1, 0.15) is 11.4 Å². The Morgan fingerprint density at radius 3 is 2.56 bits per heavy atom. The number of amides is 3. The first-order chi connectivity index (χ1) is 28.8. The van der Waals surface area contributed by atoms with Crippen LogP contribution in [-0.4, -0.2) is 135 Å². The molecule has 2 aromatic carbocycles. The lowest BCUT2D eigenvalue weighted by Crippen LogP contribution is -2.58. The first-order valence-corrected chi connectivity index (χ1v) is 22.4. The number of hydrogen-bond donors (Lipinski definition) is 3. The Kier molecular flexibility index (Phi) is 15.5. The van der Waals surface area contributed by atoms with Crippen molar-refractivity contribution in [2.24, 2.45) is 5.92 Å². The summed E-state index contributed by atoms with van der Waals surface area (Å²) in [6, 6.07) is 12.5. The van der Waals surface area contributed by atoms with Crippen LogP contribution in [0.15, 0.2) is 36.4 Å². The van der Waals surface area contributed by atoms with Crippen molar-refractivity contribution >= 4 is 23.4 Å². The summed E-state index contributed by atoms with van der Waals surface area (Å²) in [4.78, 5) is 45.4. The minimum atomic E-state index is -0.278. The summed E-state index contributed by atoms with van der Waals surface area (Å²) in [5, 5.41) is 16.3. The number of ether oxygens (including phenoxy) is 4. The zero-order valence-electron chi connectivity index (χ0n) is 35.2. The van der Waals surface area contributed by atoms with Gasteiger partial charge in [0.25, 0.3) is 5.91 Å². The predicted octanol–water partition coefficient (Wildman–Crippen LogP) is 5.06. The number of nitrogens with one attached hydrogen (secondary N) is 2. The molecule has 3 N–H and O–H groups in total. The van der Waals surface area contributed by atoms with Crippen molar-refractivity contribution in [3.8, 4) is 11.5 Å². The smallest absolute Gasteiger partial charge is 0.262 e. The van der Waals surface area contributed by atoms with Crippen molar-refractivity contribution in [1.82, 2.24) is 20.0 Å². The van der Waals surface area contributed by atoms with Crippen LogP contribution in [0.2, 0.25) is 0 Å². The molecule has 2 saturated carbocycles. The Morgan fingerprint density at radius 2 is 1.76 bits per heavy atom. The van der Waals surface area contributed by atoms with E-state index in [4.69, 9.17) is 18.9 Å². The lowest BCUT2D eigenvalue weighted by molar-refractivity contribution is -0.164. The zero-order valence-corrected chi connectivity index (χ0v) is 35.2. The van der Waals surface area contributed by atoms with Crippen LogP contribution in [0.3, 0.4) is 0 Å². The van der Waals surface area contributed by atoms with Gasteiger partial charge in [-0.15, -0.1) is 0 Å². The van der Waals surface area contributed by atoms with Crippen LogP contribution < -0.4 is 15.4 Å². The average Bonchev–Trinajstić information content (AvgIpc) is 3.26. The molecule has 59 heavy (non-hydrogen) atoms. The van der Waals surface area contributed by atoms with E-state index in [0.29, 0.717) is 88.8 Å². The van der Waals surface area contributed by atoms with Gasteiger partial charge in [0.2, 0.25) is 11.8 Å². The molecule has 0 bridgehead atoms. The van der Waals surface area contributed by atoms with E-state index in [1.165, 1.54) is 17.5 Å². The predicted molar refractivity (Wildman–Crippen MR) is 226 cm³/mol. The Labute approximate surface area is 350 Å². The molecule has 0 atom stereocenters. The first-order valence-electron chi connectivity index (χ1n) is 22.4. The fourth-order valence-electron chi connectivity index (χ4n) is 9.86. The van der Waals surface area contributed by atoms with Crippen LogP contribution in [0.25, 0.3) is 0 Å². The molecule has 4 fully saturated rings. The number of aromatic hydroxyl groups is 1. The van der Waals surface area contributed by atoms with Gasteiger partial charge in [0.15, 0.2) is 12.4 Å². The van der Waals surface area contributed by atoms with Crippen LogP contribution in [-0.2, 0) is 48.0 Å². The highest BCUT2D eigenvalue weighted by molar-refractivity contribution is 5.97. The highest BCUT2D eigenvalue weighted by Gasteiger charge is 2.42. The number of methoxy groups -OCH3 is 1. The summed E-state index contributed by atoms with van der Waals surface area (Å²) >= 11 is 0. The number of anilines is 1. The normalized spacial score (nSPS) is 22.4. The summed E-state index contributed by atoms with van der Waals surface area (Å²) in [5.41, 5.74) is 3.56. The molecule has 3 aliphatic heterocycles. The van der Waals surface area contributed by atoms with E-state index < -0.39 is 0 Å². The Bertz CT molecular complexity index is 1700. The molecule has 3 heterocycles. The van der Waals surface area contributed by atoms with Gasteiger partial charge in [-0.1, -0.05) is 49.6 Å². The number of carbonyl (C=O) groups is 3. The molecule has 5 aliphatic rings. The molecular formula is C46H67N5O8. The van der Waals surface area contributed by atoms with Crippen LogP contribution >= 0.6 is 0 Å². The van der Waals surface area contributed by atoms with Gasteiger partial charge in [-0.2, -0.15) is 0 Å². The molecule has 7 rings (SSSR count). The van der Waals surface area contributed by atoms with Gasteiger partial charge in [-0.25, -0.2) is 0 Å². The third-order valence-electron chi connectivity index (χ3n) is 13.3. The van der Waals surface area contributed by atoms with Crippen molar-refractivity contribution in [1.29, 1.82) is 0 Å². The standard InChI is InChI=1S/C46H67N5O8/c1-56-39-13-10-37(11-14-39)45(55)50-26-29-59-46(33-50)19-23-49(24-20-46)31-35-7-5-6-34(30-35)17-27-57-28-18-42(54)51(38-8-3-2-4-9-38)25-22-47-21-16-36-12-15-40(52)43-44(36)58-32-41(53)48-43/h5-7,12,15,30,37-39,47,52H,2-4,8-11,13-14,16-29,31-33H2,1H3,(H,48,53). The summed E-state index contributed by atoms with van der Waals surface area (Å²) in [7, 11) is 1.77. The third kappa shape index (κ3) is 11.8. The summed E-state index contributed by atoms with van der Waals surface area (Å²) in [6.45, 7) is 7.77. The minimum absolute atomic E-state index is 0.00238. The van der Waals surface area contributed by atoms with Crippen molar-refractivity contribution in [3.05, 3.63) is 53.1 Å². The molecule has 0 aromatic heterocycles. The quantitative estimate of drug-likeness (QED) is 0.147. The van der Waals surface area contributed by atoms with Crippen LogP contribution in [0.4, 0.5) is 5.69 Å². The fourth-order valence-corrected chi connectivity index (χ4v) is 9.86. The van der Waals surface area contributed by atoms with Crippen LogP contribution in [0.1, 0.15) is 93.7 Å². The number of morpholine rings is 1. The maximum Gasteiger partial charge on any atom is 0.262 e. The van der Waals surface area contributed by atoms with Gasteiger partial charge in [-0.05, 0) is 93.5 Å². The molecule has 324 valence electrons. The third-order valence-corrected chi connectivity index (χ3v) is 13.3. The monoisotopic (exact) mass is 817 g/mol. The van der Waals surface area contributed by atoms with Crippen molar-refractivity contribution in [2.75, 3.05) is 84.7 Å². The van der Waals surface area contributed by atoms with Gasteiger partial charge >= 0.3 is 0 Å². The molecule has 3 amide bonds. The fraction of sp³-hybridized carbons (Fsp3) is 0.674. The Hall–Kier alpha value is -3.75. The Morgan fingerprint density at radius 1 is 0.966 bits per heavy atom. The number of benzene rings is 2. The number of nitrogens with zero attached hydrogens (tertiary/aromatic N) is 3. The highest BCUT2D eigenvalue weighted by atomic mass is 16.5. The maximum atomic E-state index is 13.6. The number of rotatable bonds is 17. The van der Waals surface area contributed by atoms with Gasteiger partial charge in [0.05, 0.1) is 37.9 Å². The molecule has 13 nitrogen and oxygen atoms in total. The first kappa shape index (κ1) is 43.3. The zero-order chi connectivity index (χ0) is 41.0. The topological polar surface area (TPSA) is 142 Å². The second-order valence-electron chi connectivity index (χ2n) is 17.4. The molecule has 1 spiro atoms. The van der Waals surface area contributed by atoms with Crippen LogP contribution in [0, 0.1) is 5.92 Å². The molecular weight excluding hydrogens is 751 g/mol. The molecule has 13 heteroatoms. The maximum absolute atomic E-state index is 13.6. The Balaban J connectivity index is 0.801. The SMILES string of the molecule is COC1CCC(C(=O)N2CCOC3(CCN(Cc4cccc(CCOCCC(=O)N(CCNCCc5ccc(O)c6c5OCC(=O)N6)C5CCCCC5)c4)CC3)C2)CC1. The van der Waals surface area contributed by atoms with E-state index in [9.17, 15) is 19.5 Å². The highest BCUT2D eigenvalue weighted by Crippen LogP contribution is 2.39. The van der Waals surface area contributed by atoms with E-state index >= 15 is 0 Å². The number of hydrogen-bond acceptors (Lipinski definition) is 10.